The summed E-state index contributed by atoms with van der Waals surface area (Å²) in [6, 6.07) is 5.49. The van der Waals surface area contributed by atoms with Crippen molar-refractivity contribution >= 4 is 23.5 Å². The van der Waals surface area contributed by atoms with Gasteiger partial charge in [0.2, 0.25) is 5.91 Å². The van der Waals surface area contributed by atoms with Gasteiger partial charge in [-0.15, -0.1) is 0 Å². The molecule has 1 unspecified atom stereocenters. The summed E-state index contributed by atoms with van der Waals surface area (Å²) in [5, 5.41) is 10.5. The van der Waals surface area contributed by atoms with E-state index < -0.39 is 41.1 Å². The molecule has 210 valence electrons. The zero-order valence-electron chi connectivity index (χ0n) is 23.0. The maximum atomic E-state index is 14.6. The summed E-state index contributed by atoms with van der Waals surface area (Å²) in [6.45, 7) is 6.11. The first kappa shape index (κ1) is 27.4. The van der Waals surface area contributed by atoms with E-state index in [4.69, 9.17) is 14.2 Å². The quantitative estimate of drug-likeness (QED) is 0.420. The van der Waals surface area contributed by atoms with Crippen LogP contribution >= 0.6 is 0 Å². The Morgan fingerprint density at radius 3 is 2.46 bits per heavy atom. The number of cyclic esters (lactones) is 1. The van der Waals surface area contributed by atoms with Gasteiger partial charge in [-0.1, -0.05) is 45.1 Å². The van der Waals surface area contributed by atoms with Crippen molar-refractivity contribution in [1.82, 2.24) is 4.90 Å². The average molecular weight is 539 g/mol. The zero-order valence-corrected chi connectivity index (χ0v) is 23.0. The lowest BCUT2D eigenvalue weighted by atomic mass is 9.73. The number of fused-ring (bicyclic) bond motifs is 2. The second-order valence-electron chi connectivity index (χ2n) is 11.2. The Labute approximate surface area is 229 Å². The number of nitrogens with zero attached hydrogens (tertiary/aromatic N) is 2. The molecule has 2 saturated heterocycles. The molecule has 1 aromatic rings. The van der Waals surface area contributed by atoms with Gasteiger partial charge in [-0.2, -0.15) is 0 Å². The number of amides is 2. The van der Waals surface area contributed by atoms with Crippen LogP contribution in [0.4, 0.5) is 5.69 Å². The van der Waals surface area contributed by atoms with Gasteiger partial charge in [-0.05, 0) is 49.4 Å². The Balaban J connectivity index is 1.68. The monoisotopic (exact) mass is 538 g/mol. The van der Waals surface area contributed by atoms with E-state index in [9.17, 15) is 19.5 Å². The van der Waals surface area contributed by atoms with Gasteiger partial charge in [-0.25, -0.2) is 0 Å². The van der Waals surface area contributed by atoms with Crippen LogP contribution in [0.3, 0.4) is 0 Å². The summed E-state index contributed by atoms with van der Waals surface area (Å²) in [5.41, 5.74) is -1.83. The Morgan fingerprint density at radius 1 is 1.08 bits per heavy atom. The van der Waals surface area contributed by atoms with Gasteiger partial charge >= 0.3 is 5.97 Å². The number of ether oxygens (including phenoxy) is 3. The molecule has 2 amide bonds. The maximum absolute atomic E-state index is 14.6. The van der Waals surface area contributed by atoms with Crippen molar-refractivity contribution in [3.05, 3.63) is 48.6 Å². The van der Waals surface area contributed by atoms with Gasteiger partial charge in [0, 0.05) is 12.2 Å². The molecule has 4 aliphatic heterocycles. The largest absolute Gasteiger partial charge is 0.497 e. The molecule has 0 aliphatic carbocycles. The van der Waals surface area contributed by atoms with Crippen LogP contribution in [-0.4, -0.2) is 77.9 Å². The fourth-order valence-corrected chi connectivity index (χ4v) is 6.88. The summed E-state index contributed by atoms with van der Waals surface area (Å²) >= 11 is 0. The molecule has 5 rings (SSSR count). The highest BCUT2D eigenvalue weighted by Crippen LogP contribution is 2.59. The number of rotatable bonds is 7. The van der Waals surface area contributed by atoms with Crippen LogP contribution in [0.15, 0.2) is 48.6 Å². The standard InChI is InChI=1S/C30H38N2O7/c1-5-29-13-6-7-16-38-28(36)24(29)23-26(34)32(21(18-33)17-19(2)3)25-27(35)31(15-8-14-30(23,25)39-29)20-9-11-22(37-4)12-10-20/h6,8-14,19,21,23-25,33H,5,7,15-18H2,1-4H3/t21-,23+,24-,25?,29+,30+/m1/s1. The number of methoxy groups -OCH3 is 1. The second-order valence-corrected chi connectivity index (χ2v) is 11.2. The third-order valence-electron chi connectivity index (χ3n) is 8.57. The van der Waals surface area contributed by atoms with Crippen LogP contribution < -0.4 is 9.64 Å². The predicted octanol–water partition coefficient (Wildman–Crippen LogP) is 2.87. The Kier molecular flexibility index (Phi) is 7.33. The number of aliphatic hydroxyl groups is 1. The average Bonchev–Trinajstić information content (AvgIpc) is 3.27. The van der Waals surface area contributed by atoms with E-state index in [0.717, 1.165) is 0 Å². The van der Waals surface area contributed by atoms with E-state index in [2.05, 4.69) is 0 Å². The van der Waals surface area contributed by atoms with Gasteiger partial charge in [-0.3, -0.25) is 14.4 Å². The lowest BCUT2D eigenvalue weighted by Crippen LogP contribution is -2.59. The van der Waals surface area contributed by atoms with Crippen molar-refractivity contribution in [2.24, 2.45) is 17.8 Å². The molecule has 1 spiro atoms. The van der Waals surface area contributed by atoms with E-state index in [-0.39, 0.29) is 37.5 Å². The van der Waals surface area contributed by atoms with Crippen LogP contribution in [0.5, 0.6) is 5.75 Å². The topological polar surface area (TPSA) is 106 Å². The Bertz CT molecular complexity index is 1180. The minimum Gasteiger partial charge on any atom is -0.497 e. The van der Waals surface area contributed by atoms with Crippen molar-refractivity contribution < 1.29 is 33.7 Å². The van der Waals surface area contributed by atoms with E-state index in [1.165, 1.54) is 4.90 Å². The number of hydrogen-bond acceptors (Lipinski definition) is 7. The molecule has 1 N–H and O–H groups in total. The number of esters is 1. The van der Waals surface area contributed by atoms with Gasteiger partial charge in [0.1, 0.15) is 28.9 Å². The van der Waals surface area contributed by atoms with Crippen LogP contribution in [0.2, 0.25) is 0 Å². The molecule has 1 aromatic carbocycles. The molecule has 9 heteroatoms. The fourth-order valence-electron chi connectivity index (χ4n) is 6.88. The summed E-state index contributed by atoms with van der Waals surface area (Å²) in [4.78, 5) is 45.7. The Morgan fingerprint density at radius 2 is 1.82 bits per heavy atom. The fraction of sp³-hybridized carbons (Fsp3) is 0.567. The highest BCUT2D eigenvalue weighted by Gasteiger charge is 2.76. The molecular weight excluding hydrogens is 500 g/mol. The van der Waals surface area contributed by atoms with Crippen LogP contribution in [0.1, 0.15) is 40.0 Å². The third-order valence-corrected chi connectivity index (χ3v) is 8.57. The van der Waals surface area contributed by atoms with Crippen LogP contribution in [0.25, 0.3) is 0 Å². The van der Waals surface area contributed by atoms with Crippen molar-refractivity contribution in [2.75, 3.05) is 31.8 Å². The van der Waals surface area contributed by atoms with Gasteiger partial charge in [0.05, 0.1) is 32.3 Å². The molecule has 0 radical (unpaired) electrons. The third kappa shape index (κ3) is 4.26. The molecule has 4 aliphatic rings. The van der Waals surface area contributed by atoms with E-state index in [0.29, 0.717) is 30.7 Å². The SMILES string of the molecule is CC[C@]12C=CCCOC(=O)[C@H]1[C@H]1C(=O)N([C@@H](CO)CC(C)C)C3C(=O)N(c4ccc(OC)cc4)CC=C[C@@]31O2. The highest BCUT2D eigenvalue weighted by molar-refractivity contribution is 6.05. The maximum Gasteiger partial charge on any atom is 0.313 e. The van der Waals surface area contributed by atoms with Crippen molar-refractivity contribution in [2.45, 2.75) is 63.3 Å². The summed E-state index contributed by atoms with van der Waals surface area (Å²) in [5.74, 6) is -2.23. The normalized spacial score (nSPS) is 32.8. The molecule has 6 atom stereocenters. The lowest BCUT2D eigenvalue weighted by Gasteiger charge is -2.41. The number of anilines is 1. The molecule has 0 saturated carbocycles. The molecule has 9 nitrogen and oxygen atoms in total. The van der Waals surface area contributed by atoms with Gasteiger partial charge in [0.25, 0.3) is 5.91 Å². The van der Waals surface area contributed by atoms with Gasteiger partial charge in [0.15, 0.2) is 0 Å². The van der Waals surface area contributed by atoms with E-state index in [1.807, 2.05) is 45.1 Å². The summed E-state index contributed by atoms with van der Waals surface area (Å²) < 4.78 is 17.8. The smallest absolute Gasteiger partial charge is 0.313 e. The van der Waals surface area contributed by atoms with Crippen molar-refractivity contribution in [1.29, 1.82) is 0 Å². The molecule has 39 heavy (non-hydrogen) atoms. The molecular formula is C30H38N2O7. The van der Waals surface area contributed by atoms with E-state index in [1.54, 1.807) is 36.3 Å². The Hall–Kier alpha value is -3.17. The first-order valence-corrected chi connectivity index (χ1v) is 13.8. The first-order chi connectivity index (χ1) is 18.7. The minimum absolute atomic E-state index is 0.158. The first-order valence-electron chi connectivity index (χ1n) is 13.8. The number of carbonyl (C=O) groups excluding carboxylic acids is 3. The lowest BCUT2D eigenvalue weighted by molar-refractivity contribution is -0.162. The number of likely N-dealkylation sites (tertiary alicyclic amines) is 1. The second kappa shape index (κ2) is 10.4. The van der Waals surface area contributed by atoms with Gasteiger partial charge < -0.3 is 29.1 Å². The molecule has 4 heterocycles. The number of aliphatic hydroxyl groups excluding tert-OH is 1. The van der Waals surface area contributed by atoms with E-state index >= 15 is 0 Å². The molecule has 0 bridgehead atoms. The van der Waals surface area contributed by atoms with Crippen molar-refractivity contribution in [3.8, 4) is 5.75 Å². The minimum atomic E-state index is -1.39. The van der Waals surface area contributed by atoms with Crippen molar-refractivity contribution in [3.63, 3.8) is 0 Å². The van der Waals surface area contributed by atoms with Crippen LogP contribution in [-0.2, 0) is 23.9 Å². The number of hydrogen-bond donors (Lipinski definition) is 1. The zero-order chi connectivity index (χ0) is 27.9. The summed E-state index contributed by atoms with van der Waals surface area (Å²) in [6.07, 6.45) is 8.96. The predicted molar refractivity (Wildman–Crippen MR) is 144 cm³/mol. The number of benzene rings is 1. The summed E-state index contributed by atoms with van der Waals surface area (Å²) in [7, 11) is 1.58. The molecule has 2 fully saturated rings. The van der Waals surface area contributed by atoms with Crippen LogP contribution in [0, 0.1) is 17.8 Å². The highest BCUT2D eigenvalue weighted by atomic mass is 16.6. The molecule has 0 aromatic heterocycles. The number of carbonyl (C=O) groups is 3.